The Hall–Kier alpha value is -0.790. The minimum Gasteiger partial charge on any atom is -0.388 e. The van der Waals surface area contributed by atoms with Crippen molar-refractivity contribution < 1.29 is 4.79 Å². The maximum atomic E-state index is 10.5. The molecule has 2 heteroatoms. The van der Waals surface area contributed by atoms with Gasteiger partial charge in [-0.3, -0.25) is 4.79 Å². The van der Waals surface area contributed by atoms with Crippen LogP contribution in [0.25, 0.3) is 0 Å². The lowest BCUT2D eigenvalue weighted by Crippen LogP contribution is -2.12. The van der Waals surface area contributed by atoms with Crippen LogP contribution in [0.2, 0.25) is 0 Å². The van der Waals surface area contributed by atoms with E-state index in [1.54, 1.807) is 13.0 Å². The lowest BCUT2D eigenvalue weighted by atomic mass is 10.3. The van der Waals surface area contributed by atoms with Gasteiger partial charge in [-0.1, -0.05) is 6.92 Å². The van der Waals surface area contributed by atoms with Crippen molar-refractivity contribution in [3.63, 3.8) is 0 Å². The molecule has 0 heterocycles. The molecule has 0 aromatic rings. The van der Waals surface area contributed by atoms with E-state index < -0.39 is 0 Å². The maximum absolute atomic E-state index is 10.5. The van der Waals surface area contributed by atoms with Gasteiger partial charge in [-0.15, -0.1) is 0 Å². The number of ketones is 1. The minimum atomic E-state index is 0.0982. The molecule has 0 aliphatic carbocycles. The summed E-state index contributed by atoms with van der Waals surface area (Å²) in [5.41, 5.74) is 0.953. The summed E-state index contributed by atoms with van der Waals surface area (Å²) in [6.07, 6.45) is 2.69. The van der Waals surface area contributed by atoms with E-state index in [-0.39, 0.29) is 5.78 Å². The third-order valence-electron chi connectivity index (χ3n) is 1.07. The molecule has 0 aliphatic rings. The van der Waals surface area contributed by atoms with Gasteiger partial charge >= 0.3 is 0 Å². The Morgan fingerprint density at radius 2 is 2.10 bits per heavy atom. The number of allylic oxidation sites excluding steroid dienone is 2. The van der Waals surface area contributed by atoms with Crippen molar-refractivity contribution in [3.05, 3.63) is 11.8 Å². The first-order valence-corrected chi connectivity index (χ1v) is 3.59. The summed E-state index contributed by atoms with van der Waals surface area (Å²) in [6.45, 7) is 6.48. The number of hydrogen-bond donors (Lipinski definition) is 1. The summed E-state index contributed by atoms with van der Waals surface area (Å²) >= 11 is 0. The van der Waals surface area contributed by atoms with Gasteiger partial charge in [-0.2, -0.15) is 0 Å². The van der Waals surface area contributed by atoms with Crippen molar-refractivity contribution in [2.75, 3.05) is 6.54 Å². The van der Waals surface area contributed by atoms with Crippen LogP contribution in [0.1, 0.15) is 27.2 Å². The van der Waals surface area contributed by atoms with E-state index in [0.717, 1.165) is 18.7 Å². The molecule has 0 aromatic carbocycles. The summed E-state index contributed by atoms with van der Waals surface area (Å²) in [4.78, 5) is 10.5. The molecular weight excluding hydrogens is 126 g/mol. The zero-order valence-corrected chi connectivity index (χ0v) is 6.90. The van der Waals surface area contributed by atoms with E-state index in [1.165, 1.54) is 0 Å². The molecule has 58 valence electrons. The third kappa shape index (κ3) is 5.35. The SMILES string of the molecule is CCCN/C(C)=C\C(C)=O. The Kier molecular flexibility index (Phi) is 4.63. The van der Waals surface area contributed by atoms with Gasteiger partial charge in [0, 0.05) is 12.2 Å². The smallest absolute Gasteiger partial charge is 0.154 e. The van der Waals surface area contributed by atoms with Crippen LogP contribution in [0.4, 0.5) is 0 Å². The first-order chi connectivity index (χ1) is 4.66. The molecular formula is C8H15NO. The Balaban J connectivity index is 3.60. The molecule has 10 heavy (non-hydrogen) atoms. The van der Waals surface area contributed by atoms with Crippen LogP contribution in [-0.2, 0) is 4.79 Å². The van der Waals surface area contributed by atoms with Crippen LogP contribution in [-0.4, -0.2) is 12.3 Å². The fourth-order valence-corrected chi connectivity index (χ4v) is 0.678. The van der Waals surface area contributed by atoms with Gasteiger partial charge < -0.3 is 5.32 Å². The highest BCUT2D eigenvalue weighted by molar-refractivity contribution is 5.87. The van der Waals surface area contributed by atoms with Crippen molar-refractivity contribution in [2.45, 2.75) is 27.2 Å². The molecule has 0 rings (SSSR count). The largest absolute Gasteiger partial charge is 0.388 e. The van der Waals surface area contributed by atoms with Crippen LogP contribution in [0.15, 0.2) is 11.8 Å². The second-order valence-electron chi connectivity index (χ2n) is 2.36. The predicted octanol–water partition coefficient (Wildman–Crippen LogP) is 1.48. The number of carbonyl (C=O) groups is 1. The van der Waals surface area contributed by atoms with Gasteiger partial charge in [0.1, 0.15) is 0 Å². The van der Waals surface area contributed by atoms with E-state index in [0.29, 0.717) is 0 Å². The second kappa shape index (κ2) is 5.03. The molecule has 0 spiro atoms. The second-order valence-corrected chi connectivity index (χ2v) is 2.36. The van der Waals surface area contributed by atoms with E-state index in [9.17, 15) is 4.79 Å². The monoisotopic (exact) mass is 141 g/mol. The number of nitrogens with one attached hydrogen (secondary N) is 1. The summed E-state index contributed by atoms with van der Waals surface area (Å²) in [6, 6.07) is 0. The Labute approximate surface area is 62.3 Å². The van der Waals surface area contributed by atoms with Gasteiger partial charge in [0.25, 0.3) is 0 Å². The lowest BCUT2D eigenvalue weighted by Gasteiger charge is -2.01. The van der Waals surface area contributed by atoms with E-state index in [2.05, 4.69) is 12.2 Å². The molecule has 0 amide bonds. The molecule has 2 nitrogen and oxygen atoms in total. The highest BCUT2D eigenvalue weighted by atomic mass is 16.1. The minimum absolute atomic E-state index is 0.0982. The first-order valence-electron chi connectivity index (χ1n) is 3.59. The number of hydrogen-bond acceptors (Lipinski definition) is 2. The van der Waals surface area contributed by atoms with Gasteiger partial charge in [0.05, 0.1) is 0 Å². The molecule has 0 atom stereocenters. The maximum Gasteiger partial charge on any atom is 0.154 e. The van der Waals surface area contributed by atoms with Crippen molar-refractivity contribution in [3.8, 4) is 0 Å². The van der Waals surface area contributed by atoms with Crippen LogP contribution in [0, 0.1) is 0 Å². The molecule has 1 N–H and O–H groups in total. The van der Waals surface area contributed by atoms with Crippen LogP contribution < -0.4 is 5.32 Å². The van der Waals surface area contributed by atoms with Crippen LogP contribution in [0.3, 0.4) is 0 Å². The predicted molar refractivity (Wildman–Crippen MR) is 42.7 cm³/mol. The number of rotatable bonds is 4. The Morgan fingerprint density at radius 3 is 2.50 bits per heavy atom. The summed E-state index contributed by atoms with van der Waals surface area (Å²) < 4.78 is 0. The van der Waals surface area contributed by atoms with Gasteiger partial charge in [-0.05, 0) is 26.3 Å². The normalized spacial score (nSPS) is 11.3. The Bertz CT molecular complexity index is 138. The van der Waals surface area contributed by atoms with E-state index in [4.69, 9.17) is 0 Å². The molecule has 0 bridgehead atoms. The average Bonchev–Trinajstić information content (AvgIpc) is 1.82. The molecule has 0 radical (unpaired) electrons. The quantitative estimate of drug-likeness (QED) is 0.601. The van der Waals surface area contributed by atoms with Crippen molar-refractivity contribution in [2.24, 2.45) is 0 Å². The lowest BCUT2D eigenvalue weighted by molar-refractivity contribution is -0.112. The summed E-state index contributed by atoms with van der Waals surface area (Å²) in [5, 5.41) is 3.10. The molecule has 0 fully saturated rings. The fraction of sp³-hybridized carbons (Fsp3) is 0.625. The Morgan fingerprint density at radius 1 is 1.50 bits per heavy atom. The third-order valence-corrected chi connectivity index (χ3v) is 1.07. The molecule has 0 aliphatic heterocycles. The molecule has 0 aromatic heterocycles. The molecule has 0 saturated heterocycles. The van der Waals surface area contributed by atoms with Gasteiger partial charge in [-0.25, -0.2) is 0 Å². The van der Waals surface area contributed by atoms with E-state index in [1.807, 2.05) is 6.92 Å². The van der Waals surface area contributed by atoms with Gasteiger partial charge in [0.15, 0.2) is 5.78 Å². The van der Waals surface area contributed by atoms with Crippen molar-refractivity contribution in [1.29, 1.82) is 0 Å². The summed E-state index contributed by atoms with van der Waals surface area (Å²) in [5.74, 6) is 0.0982. The highest BCUT2D eigenvalue weighted by Gasteiger charge is 1.88. The van der Waals surface area contributed by atoms with E-state index >= 15 is 0 Å². The van der Waals surface area contributed by atoms with Crippen molar-refractivity contribution in [1.82, 2.24) is 5.32 Å². The highest BCUT2D eigenvalue weighted by Crippen LogP contribution is 1.86. The fourth-order valence-electron chi connectivity index (χ4n) is 0.678. The van der Waals surface area contributed by atoms with Crippen molar-refractivity contribution >= 4 is 5.78 Å². The van der Waals surface area contributed by atoms with Gasteiger partial charge in [0.2, 0.25) is 0 Å². The topological polar surface area (TPSA) is 29.1 Å². The summed E-state index contributed by atoms with van der Waals surface area (Å²) in [7, 11) is 0. The van der Waals surface area contributed by atoms with Crippen LogP contribution in [0.5, 0.6) is 0 Å². The molecule has 0 unspecified atom stereocenters. The standard InChI is InChI=1S/C8H15NO/c1-4-5-9-7(2)6-8(3)10/h6,9H,4-5H2,1-3H3/b7-6-. The zero-order chi connectivity index (χ0) is 7.98. The first kappa shape index (κ1) is 9.21. The number of carbonyl (C=O) groups excluding carboxylic acids is 1. The van der Waals surface area contributed by atoms with Crippen LogP contribution >= 0.6 is 0 Å². The zero-order valence-electron chi connectivity index (χ0n) is 6.90. The molecule has 0 saturated carbocycles. The average molecular weight is 141 g/mol.